The maximum atomic E-state index is 14.2. The van der Waals surface area contributed by atoms with Gasteiger partial charge in [0.05, 0.1) is 61.0 Å². The smallest absolute Gasteiger partial charge is 0.309 e. The van der Waals surface area contributed by atoms with Crippen LogP contribution >= 0.6 is 0 Å². The highest BCUT2D eigenvalue weighted by atomic mass is 19.4. The number of rotatable bonds is 4. The number of aromatic nitrogens is 3. The number of halogens is 12. The van der Waals surface area contributed by atoms with Crippen molar-refractivity contribution in [3.8, 4) is 28.2 Å². The molecule has 0 saturated carbocycles. The summed E-state index contributed by atoms with van der Waals surface area (Å²) in [6, 6.07) is 38.6. The Morgan fingerprint density at radius 1 is 0.269 bits per heavy atom. The fourth-order valence-electron chi connectivity index (χ4n) is 9.41. The topological polar surface area (TPSA) is 14.8 Å². The molecule has 3 nitrogen and oxygen atoms in total. The van der Waals surface area contributed by atoms with Crippen LogP contribution in [0, 0.1) is 0 Å². The van der Waals surface area contributed by atoms with Gasteiger partial charge in [-0.15, -0.1) is 0 Å². The molecule has 8 aromatic carbocycles. The van der Waals surface area contributed by atoms with Gasteiger partial charge in [-0.3, -0.25) is 0 Å². The molecule has 0 spiro atoms. The quantitative estimate of drug-likeness (QED) is 0.156. The summed E-state index contributed by atoms with van der Waals surface area (Å²) in [5.74, 6) is 0. The van der Waals surface area contributed by atoms with Crippen molar-refractivity contribution < 1.29 is 52.7 Å². The highest BCUT2D eigenvalue weighted by Gasteiger charge is 2.35. The van der Waals surface area contributed by atoms with Crippen LogP contribution in [0.5, 0.6) is 0 Å². The lowest BCUT2D eigenvalue weighted by Crippen LogP contribution is -2.05. The number of fused-ring (bicyclic) bond motifs is 9. The molecule has 11 aromatic rings. The summed E-state index contributed by atoms with van der Waals surface area (Å²) in [5, 5.41) is 1.28. The number of hydrogen-bond acceptors (Lipinski definition) is 0. The van der Waals surface area contributed by atoms with Crippen LogP contribution in [0.1, 0.15) is 22.3 Å². The molecule has 0 radical (unpaired) electrons. The van der Waals surface area contributed by atoms with E-state index >= 15 is 0 Å². The number of benzene rings is 8. The second kappa shape index (κ2) is 14.4. The van der Waals surface area contributed by atoms with Gasteiger partial charge in [-0.1, -0.05) is 54.6 Å². The summed E-state index contributed by atoms with van der Waals surface area (Å²) in [6.45, 7) is 0. The van der Waals surface area contributed by atoms with Crippen molar-refractivity contribution in [3.63, 3.8) is 0 Å². The third-order valence-corrected chi connectivity index (χ3v) is 12.3. The zero-order valence-corrected chi connectivity index (χ0v) is 34.0. The van der Waals surface area contributed by atoms with Crippen LogP contribution in [0.2, 0.25) is 0 Å². The SMILES string of the molecule is FC(F)(F)c1ccc2c(c1)c1cc(C(F)(F)F)ccc1n2-c1cc(-c2ccccc2-n2c3ccccc3c3ccccc32)cc(-n2c3ccc(C(F)(F)F)cc3c3cc(C(F)(F)F)ccc32)c1. The molecule has 0 saturated heterocycles. The first-order chi connectivity index (χ1) is 31.8. The minimum Gasteiger partial charge on any atom is -0.309 e. The van der Waals surface area contributed by atoms with Crippen LogP contribution in [0.15, 0.2) is 164 Å². The van der Waals surface area contributed by atoms with Crippen molar-refractivity contribution in [1.82, 2.24) is 13.7 Å². The minimum atomic E-state index is -4.86. The maximum absolute atomic E-state index is 14.2. The average molecular weight is 922 g/mol. The number of nitrogens with zero attached hydrogens (tertiary/aromatic N) is 3. The highest BCUT2D eigenvalue weighted by Crippen LogP contribution is 2.45. The summed E-state index contributed by atoms with van der Waals surface area (Å²) in [6.07, 6.45) is -19.4. The summed E-state index contributed by atoms with van der Waals surface area (Å²) < 4.78 is 176. The first-order valence-electron chi connectivity index (χ1n) is 20.4. The summed E-state index contributed by atoms with van der Waals surface area (Å²) >= 11 is 0. The fourth-order valence-corrected chi connectivity index (χ4v) is 9.41. The Labute approximate surface area is 369 Å². The molecule has 0 fully saturated rings. The predicted octanol–water partition coefficient (Wildman–Crippen LogP) is 16.7. The zero-order chi connectivity index (χ0) is 46.9. The Hall–Kier alpha value is -7.68. The van der Waals surface area contributed by atoms with Crippen LogP contribution in [-0.4, -0.2) is 13.7 Å². The van der Waals surface area contributed by atoms with Crippen molar-refractivity contribution in [2.75, 3.05) is 0 Å². The Bertz CT molecular complexity index is 3460. The molecule has 67 heavy (non-hydrogen) atoms. The highest BCUT2D eigenvalue weighted by molar-refractivity contribution is 6.12. The van der Waals surface area contributed by atoms with E-state index in [1.54, 1.807) is 24.3 Å². The molecular formula is C52H27F12N3. The second-order valence-corrected chi connectivity index (χ2v) is 16.2. The molecule has 3 heterocycles. The van der Waals surface area contributed by atoms with E-state index in [0.29, 0.717) is 16.8 Å². The lowest BCUT2D eigenvalue weighted by atomic mass is 10.0. The van der Waals surface area contributed by atoms with Gasteiger partial charge in [0.15, 0.2) is 0 Å². The molecule has 0 bridgehead atoms. The molecule has 0 N–H and O–H groups in total. The molecule has 0 unspecified atom stereocenters. The van der Waals surface area contributed by atoms with E-state index in [4.69, 9.17) is 0 Å². The Morgan fingerprint density at radius 2 is 0.582 bits per heavy atom. The van der Waals surface area contributed by atoms with E-state index in [0.717, 1.165) is 94.6 Å². The van der Waals surface area contributed by atoms with E-state index in [1.165, 1.54) is 9.13 Å². The van der Waals surface area contributed by atoms with Gasteiger partial charge in [0.1, 0.15) is 0 Å². The summed E-state index contributed by atoms with van der Waals surface area (Å²) in [5.41, 5.74) is -0.303. The number of hydrogen-bond donors (Lipinski definition) is 0. The Kier molecular flexibility index (Phi) is 9.03. The molecule has 0 aliphatic carbocycles. The van der Waals surface area contributed by atoms with Crippen LogP contribution in [0.4, 0.5) is 52.7 Å². The Balaban J connectivity index is 1.27. The molecule has 334 valence electrons. The van der Waals surface area contributed by atoms with Crippen LogP contribution < -0.4 is 0 Å². The third kappa shape index (κ3) is 6.77. The van der Waals surface area contributed by atoms with Crippen molar-refractivity contribution in [1.29, 1.82) is 0 Å². The molecule has 0 aliphatic heterocycles. The molecule has 15 heteroatoms. The van der Waals surface area contributed by atoms with E-state index in [-0.39, 0.29) is 55.0 Å². The van der Waals surface area contributed by atoms with Gasteiger partial charge in [0.25, 0.3) is 0 Å². The lowest BCUT2D eigenvalue weighted by Gasteiger charge is -2.19. The van der Waals surface area contributed by atoms with Crippen LogP contribution in [0.25, 0.3) is 93.6 Å². The number of para-hydroxylation sites is 3. The molecule has 0 aliphatic rings. The van der Waals surface area contributed by atoms with Crippen molar-refractivity contribution in [2.24, 2.45) is 0 Å². The fraction of sp³-hybridized carbons (Fsp3) is 0.0769. The molecule has 3 aromatic heterocycles. The van der Waals surface area contributed by atoms with E-state index in [2.05, 4.69) is 0 Å². The second-order valence-electron chi connectivity index (χ2n) is 16.2. The maximum Gasteiger partial charge on any atom is 0.416 e. The average Bonchev–Trinajstić information content (AvgIpc) is 3.92. The van der Waals surface area contributed by atoms with Crippen molar-refractivity contribution in [3.05, 3.63) is 186 Å². The predicted molar refractivity (Wildman–Crippen MR) is 235 cm³/mol. The first kappa shape index (κ1) is 42.0. The zero-order valence-electron chi connectivity index (χ0n) is 34.0. The minimum absolute atomic E-state index is 0.0907. The van der Waals surface area contributed by atoms with Gasteiger partial charge in [0.2, 0.25) is 0 Å². The summed E-state index contributed by atoms with van der Waals surface area (Å²) in [7, 11) is 0. The third-order valence-electron chi connectivity index (χ3n) is 12.3. The van der Waals surface area contributed by atoms with Gasteiger partial charge >= 0.3 is 24.7 Å². The van der Waals surface area contributed by atoms with Crippen LogP contribution in [0.3, 0.4) is 0 Å². The number of alkyl halides is 12. The Morgan fingerprint density at radius 3 is 0.940 bits per heavy atom. The lowest BCUT2D eigenvalue weighted by molar-refractivity contribution is -0.138. The molecule has 0 amide bonds. The van der Waals surface area contributed by atoms with Gasteiger partial charge in [-0.2, -0.15) is 52.7 Å². The van der Waals surface area contributed by atoms with Gasteiger partial charge < -0.3 is 13.7 Å². The van der Waals surface area contributed by atoms with E-state index < -0.39 is 47.0 Å². The van der Waals surface area contributed by atoms with E-state index in [9.17, 15) is 52.7 Å². The summed E-state index contributed by atoms with van der Waals surface area (Å²) in [4.78, 5) is 0. The molecule has 0 atom stereocenters. The van der Waals surface area contributed by atoms with Gasteiger partial charge in [0, 0.05) is 49.3 Å². The van der Waals surface area contributed by atoms with Crippen molar-refractivity contribution >= 4 is 65.4 Å². The van der Waals surface area contributed by atoms with Gasteiger partial charge in [-0.25, -0.2) is 0 Å². The molecular weight excluding hydrogens is 895 g/mol. The molecule has 11 rings (SSSR count). The monoisotopic (exact) mass is 921 g/mol. The normalized spacial score (nSPS) is 13.1. The van der Waals surface area contributed by atoms with Crippen molar-refractivity contribution in [2.45, 2.75) is 24.7 Å². The van der Waals surface area contributed by atoms with Gasteiger partial charge in [-0.05, 0) is 115 Å². The first-order valence-corrected chi connectivity index (χ1v) is 20.4. The largest absolute Gasteiger partial charge is 0.416 e. The van der Waals surface area contributed by atoms with E-state index in [1.807, 2.05) is 71.3 Å². The standard InChI is InChI=1S/C52H27F12N3/c53-49(54,55)29-13-17-45-38(23-29)39-24-30(50(56,57)58)14-18-46(39)65(45)33-21-28(35-7-1-4-10-42(35)67-43-11-5-2-8-36(43)37-9-3-6-12-44(37)67)22-34(27-33)66-47-19-15-31(51(59,60)61)25-40(47)41-26-32(52(62,63)64)16-20-48(41)66/h1-27H. The van der Waals surface area contributed by atoms with Crippen LogP contribution in [-0.2, 0) is 24.7 Å².